The Balaban J connectivity index is 1.47. The van der Waals surface area contributed by atoms with Crippen LogP contribution in [0, 0.1) is 5.82 Å². The molecule has 0 saturated heterocycles. The standard InChI is InChI=1S/C20H17F3N4OS2/c21-14-6-2-1-5-13(14)18-25-26-20(27(18)12-9-10-12)29-11-17(28)24-15-7-3-4-8-16(15)30-19(22)23/h1-8,12,19H,9-11H2,(H,24,28). The Kier molecular flexibility index (Phi) is 6.33. The number of anilines is 1. The summed E-state index contributed by atoms with van der Waals surface area (Å²) in [4.78, 5) is 12.7. The minimum Gasteiger partial charge on any atom is -0.324 e. The van der Waals surface area contributed by atoms with Crippen LogP contribution < -0.4 is 5.32 Å². The molecular weight excluding hydrogens is 433 g/mol. The molecule has 1 aliphatic carbocycles. The zero-order valence-electron chi connectivity index (χ0n) is 15.6. The highest BCUT2D eigenvalue weighted by Gasteiger charge is 2.31. The maximum Gasteiger partial charge on any atom is 0.288 e. The van der Waals surface area contributed by atoms with Gasteiger partial charge in [0.2, 0.25) is 5.91 Å². The molecule has 1 amide bonds. The van der Waals surface area contributed by atoms with E-state index in [-0.39, 0.29) is 23.5 Å². The molecule has 2 aromatic carbocycles. The van der Waals surface area contributed by atoms with Gasteiger partial charge < -0.3 is 5.32 Å². The predicted molar refractivity (Wildman–Crippen MR) is 111 cm³/mol. The molecule has 1 saturated carbocycles. The molecule has 0 spiro atoms. The van der Waals surface area contributed by atoms with Crippen molar-refractivity contribution in [2.24, 2.45) is 0 Å². The minimum atomic E-state index is -2.58. The first kappa shape index (κ1) is 20.8. The van der Waals surface area contributed by atoms with Gasteiger partial charge in [-0.25, -0.2) is 4.39 Å². The van der Waals surface area contributed by atoms with Gasteiger partial charge in [-0.2, -0.15) is 8.78 Å². The fourth-order valence-corrected chi connectivity index (χ4v) is 4.35. The summed E-state index contributed by atoms with van der Waals surface area (Å²) < 4.78 is 41.5. The molecule has 1 aliphatic rings. The van der Waals surface area contributed by atoms with E-state index < -0.39 is 5.76 Å². The first-order valence-corrected chi connectivity index (χ1v) is 11.1. The number of nitrogens with one attached hydrogen (secondary N) is 1. The highest BCUT2D eigenvalue weighted by atomic mass is 32.2. The Labute approximate surface area is 179 Å². The minimum absolute atomic E-state index is 0.0236. The van der Waals surface area contributed by atoms with Crippen molar-refractivity contribution in [3.8, 4) is 11.4 Å². The number of hydrogen-bond acceptors (Lipinski definition) is 5. The summed E-state index contributed by atoms with van der Waals surface area (Å²) in [7, 11) is 0. The molecule has 0 bridgehead atoms. The van der Waals surface area contributed by atoms with Crippen LogP contribution in [0.1, 0.15) is 18.9 Å². The van der Waals surface area contributed by atoms with E-state index in [0.717, 1.165) is 12.8 Å². The van der Waals surface area contributed by atoms with Crippen molar-refractivity contribution < 1.29 is 18.0 Å². The fourth-order valence-electron chi connectivity index (χ4n) is 2.95. The van der Waals surface area contributed by atoms with Gasteiger partial charge in [0.1, 0.15) is 5.82 Å². The second-order valence-electron chi connectivity index (χ2n) is 6.60. The molecule has 1 N–H and O–H groups in total. The summed E-state index contributed by atoms with van der Waals surface area (Å²) in [6, 6.07) is 13.0. The summed E-state index contributed by atoms with van der Waals surface area (Å²) in [6.07, 6.45) is 1.88. The fraction of sp³-hybridized carbons (Fsp3) is 0.250. The number of rotatable bonds is 8. The molecule has 1 aromatic heterocycles. The molecule has 5 nitrogen and oxygen atoms in total. The van der Waals surface area contributed by atoms with E-state index in [2.05, 4.69) is 15.5 Å². The van der Waals surface area contributed by atoms with Crippen molar-refractivity contribution in [1.29, 1.82) is 0 Å². The van der Waals surface area contributed by atoms with Crippen molar-refractivity contribution in [3.05, 3.63) is 54.3 Å². The second-order valence-corrected chi connectivity index (χ2v) is 8.57. The Morgan fingerprint density at radius 2 is 1.87 bits per heavy atom. The van der Waals surface area contributed by atoms with Crippen LogP contribution in [0.5, 0.6) is 0 Å². The number of aromatic nitrogens is 3. The first-order valence-electron chi connectivity index (χ1n) is 9.19. The van der Waals surface area contributed by atoms with Crippen LogP contribution in [0.3, 0.4) is 0 Å². The molecule has 156 valence electrons. The number of carbonyl (C=O) groups is 1. The van der Waals surface area contributed by atoms with Crippen molar-refractivity contribution in [3.63, 3.8) is 0 Å². The van der Waals surface area contributed by atoms with Crippen molar-refractivity contribution in [1.82, 2.24) is 14.8 Å². The van der Waals surface area contributed by atoms with Gasteiger partial charge in [0.25, 0.3) is 5.76 Å². The summed E-state index contributed by atoms with van der Waals surface area (Å²) in [5, 5.41) is 11.5. The number of carbonyl (C=O) groups excluding carboxylic acids is 1. The molecule has 0 aliphatic heterocycles. The van der Waals surface area contributed by atoms with Crippen LogP contribution in [-0.4, -0.2) is 32.2 Å². The molecule has 0 unspecified atom stereocenters. The number of nitrogens with zero attached hydrogens (tertiary/aromatic N) is 3. The highest BCUT2D eigenvalue weighted by molar-refractivity contribution is 8.00. The zero-order valence-corrected chi connectivity index (χ0v) is 17.2. The van der Waals surface area contributed by atoms with E-state index in [9.17, 15) is 18.0 Å². The molecule has 30 heavy (non-hydrogen) atoms. The quantitative estimate of drug-likeness (QED) is 0.462. The van der Waals surface area contributed by atoms with E-state index in [1.807, 2.05) is 4.57 Å². The van der Waals surface area contributed by atoms with E-state index in [0.29, 0.717) is 38.9 Å². The lowest BCUT2D eigenvalue weighted by molar-refractivity contribution is -0.113. The monoisotopic (exact) mass is 450 g/mol. The van der Waals surface area contributed by atoms with Gasteiger partial charge in [-0.1, -0.05) is 47.8 Å². The van der Waals surface area contributed by atoms with Gasteiger partial charge in [0.15, 0.2) is 11.0 Å². The van der Waals surface area contributed by atoms with Crippen LogP contribution in [-0.2, 0) is 4.79 Å². The third-order valence-corrected chi connectivity index (χ3v) is 6.13. The van der Waals surface area contributed by atoms with Gasteiger partial charge in [0.05, 0.1) is 17.0 Å². The van der Waals surface area contributed by atoms with Gasteiger partial charge in [0, 0.05) is 10.9 Å². The Morgan fingerprint density at radius 1 is 1.13 bits per heavy atom. The molecule has 10 heteroatoms. The second kappa shape index (κ2) is 9.13. The third kappa shape index (κ3) is 4.81. The van der Waals surface area contributed by atoms with Crippen LogP contribution in [0.2, 0.25) is 0 Å². The van der Waals surface area contributed by atoms with Gasteiger partial charge in [-0.15, -0.1) is 10.2 Å². The lowest BCUT2D eigenvalue weighted by Crippen LogP contribution is -2.15. The summed E-state index contributed by atoms with van der Waals surface area (Å²) in [5.74, 6) is -2.84. The number of alkyl halides is 2. The average molecular weight is 451 g/mol. The van der Waals surface area contributed by atoms with E-state index in [4.69, 9.17) is 0 Å². The van der Waals surface area contributed by atoms with Gasteiger partial charge >= 0.3 is 0 Å². The molecule has 4 rings (SSSR count). The van der Waals surface area contributed by atoms with Crippen LogP contribution in [0.25, 0.3) is 11.4 Å². The van der Waals surface area contributed by atoms with Crippen LogP contribution in [0.15, 0.2) is 58.6 Å². The highest BCUT2D eigenvalue weighted by Crippen LogP contribution is 2.41. The van der Waals surface area contributed by atoms with E-state index >= 15 is 0 Å². The van der Waals surface area contributed by atoms with E-state index in [1.54, 1.807) is 36.4 Å². The lowest BCUT2D eigenvalue weighted by atomic mass is 10.2. The van der Waals surface area contributed by atoms with Gasteiger partial charge in [-0.05, 0) is 37.1 Å². The topological polar surface area (TPSA) is 59.8 Å². The number of benzene rings is 2. The average Bonchev–Trinajstić information content (AvgIpc) is 3.47. The largest absolute Gasteiger partial charge is 0.324 e. The normalized spacial score (nSPS) is 13.6. The number of para-hydroxylation sites is 1. The van der Waals surface area contributed by atoms with E-state index in [1.165, 1.54) is 23.9 Å². The molecule has 1 heterocycles. The Hall–Kier alpha value is -2.46. The maximum atomic E-state index is 14.2. The molecular formula is C20H17F3N4OS2. The molecule has 0 radical (unpaired) electrons. The number of amides is 1. The summed E-state index contributed by atoms with van der Waals surface area (Å²) in [6.45, 7) is 0. The Bertz CT molecular complexity index is 1060. The van der Waals surface area contributed by atoms with Gasteiger partial charge in [-0.3, -0.25) is 9.36 Å². The Morgan fingerprint density at radius 3 is 2.60 bits per heavy atom. The SMILES string of the molecule is O=C(CSc1nnc(-c2ccccc2F)n1C1CC1)Nc1ccccc1SC(F)F. The number of hydrogen-bond donors (Lipinski definition) is 1. The smallest absolute Gasteiger partial charge is 0.288 e. The summed E-state index contributed by atoms with van der Waals surface area (Å²) >= 11 is 1.57. The molecule has 3 aromatic rings. The summed E-state index contributed by atoms with van der Waals surface area (Å²) in [5.41, 5.74) is 0.704. The maximum absolute atomic E-state index is 14.2. The third-order valence-electron chi connectivity index (χ3n) is 4.40. The number of halogens is 3. The van der Waals surface area contributed by atoms with Crippen LogP contribution >= 0.6 is 23.5 Å². The first-order chi connectivity index (χ1) is 14.5. The van der Waals surface area contributed by atoms with Crippen LogP contribution in [0.4, 0.5) is 18.9 Å². The zero-order chi connectivity index (χ0) is 21.1. The predicted octanol–water partition coefficient (Wildman–Crippen LogP) is 5.46. The van der Waals surface area contributed by atoms with Crippen molar-refractivity contribution >= 4 is 35.1 Å². The van der Waals surface area contributed by atoms with Crippen molar-refractivity contribution in [2.75, 3.05) is 11.1 Å². The van der Waals surface area contributed by atoms with Crippen molar-refractivity contribution in [2.45, 2.75) is 34.7 Å². The number of thioether (sulfide) groups is 2. The lowest BCUT2D eigenvalue weighted by Gasteiger charge is -2.11. The molecule has 1 fully saturated rings. The molecule has 0 atom stereocenters.